The Hall–Kier alpha value is -0.730. The first-order valence-corrected chi connectivity index (χ1v) is 8.72. The third-order valence-corrected chi connectivity index (χ3v) is 4.64. The Morgan fingerprint density at radius 3 is 2.29 bits per heavy atom. The van der Waals surface area contributed by atoms with Gasteiger partial charge in [0.15, 0.2) is 0 Å². The smallest absolute Gasteiger partial charge is 0.0426 e. The summed E-state index contributed by atoms with van der Waals surface area (Å²) in [7, 11) is 0. The molecule has 1 unspecified atom stereocenters. The minimum atomic E-state index is 0.219. The van der Waals surface area contributed by atoms with Gasteiger partial charge in [0, 0.05) is 29.8 Å². The van der Waals surface area contributed by atoms with Gasteiger partial charge in [-0.15, -0.1) is 0 Å². The third kappa shape index (κ3) is 5.52. The quantitative estimate of drug-likeness (QED) is 0.704. The topological polar surface area (TPSA) is 29.3 Å². The minimum Gasteiger partial charge on any atom is -0.371 e. The van der Waals surface area contributed by atoms with E-state index >= 15 is 0 Å². The van der Waals surface area contributed by atoms with Crippen LogP contribution >= 0.6 is 11.6 Å². The molecular weight excluding hydrogens is 280 g/mol. The summed E-state index contributed by atoms with van der Waals surface area (Å²) in [5, 5.41) is 0.807. The first kappa shape index (κ1) is 18.3. The molecule has 0 spiro atoms. The van der Waals surface area contributed by atoms with Crippen LogP contribution in [0.2, 0.25) is 5.02 Å². The fourth-order valence-corrected chi connectivity index (χ4v) is 2.85. The molecule has 1 atom stereocenters. The van der Waals surface area contributed by atoms with E-state index in [1.807, 2.05) is 6.07 Å². The summed E-state index contributed by atoms with van der Waals surface area (Å²) >= 11 is 6.23. The molecule has 0 aliphatic carbocycles. The van der Waals surface area contributed by atoms with Gasteiger partial charge >= 0.3 is 0 Å². The minimum absolute atomic E-state index is 0.219. The number of nitrogens with two attached hydrogens (primary N) is 1. The maximum Gasteiger partial charge on any atom is 0.0426 e. The summed E-state index contributed by atoms with van der Waals surface area (Å²) in [6.45, 7) is 11.0. The fourth-order valence-electron chi connectivity index (χ4n) is 2.69. The molecule has 0 aromatic heterocycles. The van der Waals surface area contributed by atoms with Gasteiger partial charge in [0.05, 0.1) is 0 Å². The maximum atomic E-state index is 6.23. The monoisotopic (exact) mass is 310 g/mol. The highest BCUT2D eigenvalue weighted by Crippen LogP contribution is 2.27. The molecule has 0 radical (unpaired) electrons. The van der Waals surface area contributed by atoms with Crippen molar-refractivity contribution in [3.05, 3.63) is 28.8 Å². The van der Waals surface area contributed by atoms with Gasteiger partial charge in [-0.2, -0.15) is 0 Å². The molecule has 0 saturated carbocycles. The highest BCUT2D eigenvalue weighted by molar-refractivity contribution is 6.30. The van der Waals surface area contributed by atoms with Crippen molar-refractivity contribution in [2.75, 3.05) is 18.0 Å². The lowest BCUT2D eigenvalue weighted by Crippen LogP contribution is -2.31. The second-order valence-electron chi connectivity index (χ2n) is 5.87. The van der Waals surface area contributed by atoms with Gasteiger partial charge in [-0.25, -0.2) is 0 Å². The number of rotatable bonds is 9. The molecule has 0 amide bonds. The fraction of sp³-hybridized carbons (Fsp3) is 0.667. The van der Waals surface area contributed by atoms with Gasteiger partial charge in [-0.3, -0.25) is 0 Å². The molecule has 2 N–H and O–H groups in total. The molecule has 1 aromatic carbocycles. The molecule has 0 heterocycles. The Kier molecular flexibility index (Phi) is 8.13. The summed E-state index contributed by atoms with van der Waals surface area (Å²) in [6, 6.07) is 6.44. The van der Waals surface area contributed by atoms with E-state index in [4.69, 9.17) is 17.3 Å². The van der Waals surface area contributed by atoms with Gasteiger partial charge in [0.2, 0.25) is 0 Å². The van der Waals surface area contributed by atoms with Crippen molar-refractivity contribution in [2.24, 2.45) is 11.7 Å². The zero-order valence-corrected chi connectivity index (χ0v) is 14.8. The van der Waals surface area contributed by atoms with Crippen LogP contribution in [0.1, 0.15) is 52.5 Å². The van der Waals surface area contributed by atoms with Crippen molar-refractivity contribution in [3.63, 3.8) is 0 Å². The summed E-state index contributed by atoms with van der Waals surface area (Å²) in [5.41, 5.74) is 8.74. The molecule has 21 heavy (non-hydrogen) atoms. The summed E-state index contributed by atoms with van der Waals surface area (Å²) < 4.78 is 0. The molecule has 3 heteroatoms. The van der Waals surface area contributed by atoms with Crippen LogP contribution < -0.4 is 10.6 Å². The van der Waals surface area contributed by atoms with Gasteiger partial charge in [0.1, 0.15) is 0 Å². The number of nitrogens with zero attached hydrogens (tertiary/aromatic N) is 1. The normalized spacial score (nSPS) is 12.7. The summed E-state index contributed by atoms with van der Waals surface area (Å²) in [5.74, 6) is 0.733. The maximum absolute atomic E-state index is 6.23. The summed E-state index contributed by atoms with van der Waals surface area (Å²) in [4.78, 5) is 2.46. The molecule has 0 aliphatic heterocycles. The van der Waals surface area contributed by atoms with Crippen LogP contribution in [0.15, 0.2) is 18.2 Å². The number of hydrogen-bond acceptors (Lipinski definition) is 2. The molecule has 1 rings (SSSR count). The Labute approximate surface area is 135 Å². The van der Waals surface area contributed by atoms with E-state index < -0.39 is 0 Å². The third-order valence-electron chi connectivity index (χ3n) is 4.41. The predicted molar refractivity (Wildman–Crippen MR) is 95.4 cm³/mol. The average Bonchev–Trinajstić information content (AvgIpc) is 2.50. The molecule has 1 aromatic rings. The highest BCUT2D eigenvalue weighted by atomic mass is 35.5. The van der Waals surface area contributed by atoms with Crippen LogP contribution in [-0.4, -0.2) is 19.1 Å². The molecule has 0 bridgehead atoms. The lowest BCUT2D eigenvalue weighted by atomic mass is 9.99. The van der Waals surface area contributed by atoms with E-state index in [2.05, 4.69) is 44.7 Å². The van der Waals surface area contributed by atoms with Crippen molar-refractivity contribution >= 4 is 17.3 Å². The van der Waals surface area contributed by atoms with Gasteiger partial charge in [-0.05, 0) is 43.4 Å². The van der Waals surface area contributed by atoms with Gasteiger partial charge in [-0.1, -0.05) is 51.3 Å². The number of anilines is 1. The second-order valence-corrected chi connectivity index (χ2v) is 6.30. The van der Waals surface area contributed by atoms with Crippen molar-refractivity contribution in [3.8, 4) is 0 Å². The van der Waals surface area contributed by atoms with E-state index in [0.29, 0.717) is 0 Å². The van der Waals surface area contributed by atoms with Crippen LogP contribution in [0.5, 0.6) is 0 Å². The molecule has 0 fully saturated rings. The zero-order chi connectivity index (χ0) is 15.8. The molecule has 0 aliphatic rings. The molecular formula is C18H31ClN2. The van der Waals surface area contributed by atoms with E-state index in [0.717, 1.165) is 36.9 Å². The standard InChI is InChI=1S/C18H31ClN2/c1-5-14(6-2)13-21(8-4)18-12-16(19)10-9-15(18)11-17(20)7-3/h9-10,12,14,17H,5-8,11,13,20H2,1-4H3. The first-order valence-electron chi connectivity index (χ1n) is 8.34. The Morgan fingerprint density at radius 1 is 1.10 bits per heavy atom. The first-order chi connectivity index (χ1) is 10.0. The van der Waals surface area contributed by atoms with Crippen molar-refractivity contribution in [2.45, 2.75) is 59.4 Å². The van der Waals surface area contributed by atoms with Crippen LogP contribution in [0.3, 0.4) is 0 Å². The number of halogens is 1. The lowest BCUT2D eigenvalue weighted by Gasteiger charge is -2.30. The Bertz CT molecular complexity index is 416. The number of benzene rings is 1. The van der Waals surface area contributed by atoms with E-state index in [9.17, 15) is 0 Å². The SMILES string of the molecule is CCC(N)Cc1ccc(Cl)cc1N(CC)CC(CC)CC. The summed E-state index contributed by atoms with van der Waals surface area (Å²) in [6.07, 6.45) is 4.36. The number of hydrogen-bond donors (Lipinski definition) is 1. The van der Waals surface area contributed by atoms with Crippen molar-refractivity contribution in [1.29, 1.82) is 0 Å². The average molecular weight is 311 g/mol. The molecule has 0 saturated heterocycles. The molecule has 120 valence electrons. The van der Waals surface area contributed by atoms with Crippen LogP contribution in [0.25, 0.3) is 0 Å². The van der Waals surface area contributed by atoms with Crippen LogP contribution in [0, 0.1) is 5.92 Å². The predicted octanol–water partition coefficient (Wildman–Crippen LogP) is 4.88. The van der Waals surface area contributed by atoms with Crippen molar-refractivity contribution in [1.82, 2.24) is 0 Å². The van der Waals surface area contributed by atoms with E-state index in [1.54, 1.807) is 0 Å². The van der Waals surface area contributed by atoms with Gasteiger partial charge < -0.3 is 10.6 Å². The Morgan fingerprint density at radius 2 is 1.76 bits per heavy atom. The van der Waals surface area contributed by atoms with E-state index in [-0.39, 0.29) is 6.04 Å². The van der Waals surface area contributed by atoms with Crippen LogP contribution in [0.4, 0.5) is 5.69 Å². The second kappa shape index (κ2) is 9.32. The van der Waals surface area contributed by atoms with E-state index in [1.165, 1.54) is 24.1 Å². The van der Waals surface area contributed by atoms with Crippen LogP contribution in [-0.2, 0) is 6.42 Å². The highest BCUT2D eigenvalue weighted by Gasteiger charge is 2.15. The largest absolute Gasteiger partial charge is 0.371 e. The van der Waals surface area contributed by atoms with Crippen molar-refractivity contribution < 1.29 is 0 Å². The lowest BCUT2D eigenvalue weighted by molar-refractivity contribution is 0.485. The zero-order valence-electron chi connectivity index (χ0n) is 14.0. The molecule has 2 nitrogen and oxygen atoms in total. The van der Waals surface area contributed by atoms with Gasteiger partial charge in [0.25, 0.3) is 0 Å². The Balaban J connectivity index is 3.02.